The minimum atomic E-state index is 0.467. The van der Waals surface area contributed by atoms with Crippen LogP contribution in [0.2, 0.25) is 0 Å². The van der Waals surface area contributed by atoms with Gasteiger partial charge in [-0.25, -0.2) is 4.98 Å². The number of benzene rings is 1. The first-order valence-corrected chi connectivity index (χ1v) is 9.15. The van der Waals surface area contributed by atoms with Crippen LogP contribution >= 0.6 is 27.3 Å². The zero-order valence-corrected chi connectivity index (χ0v) is 15.1. The van der Waals surface area contributed by atoms with Crippen molar-refractivity contribution < 1.29 is 0 Å². The Bertz CT molecular complexity index is 605. The Kier molecular flexibility index (Phi) is 5.13. The van der Waals surface area contributed by atoms with E-state index in [0.29, 0.717) is 11.2 Å². The van der Waals surface area contributed by atoms with Gasteiger partial charge in [-0.2, -0.15) is 0 Å². The Morgan fingerprint density at radius 3 is 2.50 bits per heavy atom. The van der Waals surface area contributed by atoms with Crippen LogP contribution in [-0.2, 0) is 6.54 Å². The molecule has 0 saturated carbocycles. The van der Waals surface area contributed by atoms with E-state index < -0.39 is 0 Å². The molecule has 1 aliphatic heterocycles. The van der Waals surface area contributed by atoms with Gasteiger partial charge in [-0.05, 0) is 24.6 Å². The first kappa shape index (κ1) is 15.9. The SMILES string of the molecule is CC(c1ccc(Br)cc1)N1CCN(Cc2cnc(N)s2)CC1. The number of piperazine rings is 1. The third-order valence-corrected chi connectivity index (χ3v) is 5.60. The van der Waals surface area contributed by atoms with E-state index >= 15 is 0 Å². The Morgan fingerprint density at radius 2 is 1.91 bits per heavy atom. The fourth-order valence-electron chi connectivity index (χ4n) is 2.88. The number of hydrogen-bond donors (Lipinski definition) is 1. The van der Waals surface area contributed by atoms with E-state index in [1.54, 1.807) is 11.3 Å². The van der Waals surface area contributed by atoms with E-state index in [-0.39, 0.29) is 0 Å². The quantitative estimate of drug-likeness (QED) is 0.882. The highest BCUT2D eigenvalue weighted by Crippen LogP contribution is 2.24. The van der Waals surface area contributed by atoms with Crippen LogP contribution in [0.1, 0.15) is 23.4 Å². The lowest BCUT2D eigenvalue weighted by Gasteiger charge is -2.38. The molecule has 2 aromatic rings. The second kappa shape index (κ2) is 7.08. The van der Waals surface area contributed by atoms with Gasteiger partial charge in [0, 0.05) is 54.3 Å². The lowest BCUT2D eigenvalue weighted by atomic mass is 10.1. The van der Waals surface area contributed by atoms with Crippen molar-refractivity contribution in [2.45, 2.75) is 19.5 Å². The van der Waals surface area contributed by atoms with Gasteiger partial charge in [0.1, 0.15) is 0 Å². The van der Waals surface area contributed by atoms with Crippen LogP contribution < -0.4 is 5.73 Å². The lowest BCUT2D eigenvalue weighted by molar-refractivity contribution is 0.0984. The summed E-state index contributed by atoms with van der Waals surface area (Å²) >= 11 is 5.09. The third kappa shape index (κ3) is 3.87. The highest BCUT2D eigenvalue weighted by Gasteiger charge is 2.22. The summed E-state index contributed by atoms with van der Waals surface area (Å²) in [5.74, 6) is 0. The Labute approximate surface area is 144 Å². The van der Waals surface area contributed by atoms with Crippen LogP contribution in [0.3, 0.4) is 0 Å². The average Bonchev–Trinajstić information content (AvgIpc) is 2.93. The smallest absolute Gasteiger partial charge is 0.180 e. The Hall–Kier alpha value is -0.950. The molecular formula is C16H21BrN4S. The maximum atomic E-state index is 5.70. The van der Waals surface area contributed by atoms with Gasteiger partial charge >= 0.3 is 0 Å². The molecule has 0 spiro atoms. The molecule has 0 amide bonds. The molecule has 22 heavy (non-hydrogen) atoms. The molecule has 6 heteroatoms. The summed E-state index contributed by atoms with van der Waals surface area (Å²) in [7, 11) is 0. The number of nitrogens with zero attached hydrogens (tertiary/aromatic N) is 3. The molecule has 3 rings (SSSR count). The minimum Gasteiger partial charge on any atom is -0.375 e. The summed E-state index contributed by atoms with van der Waals surface area (Å²) in [6.45, 7) is 7.66. The minimum absolute atomic E-state index is 0.467. The summed E-state index contributed by atoms with van der Waals surface area (Å²) in [5.41, 5.74) is 7.08. The number of thiazole rings is 1. The second-order valence-corrected chi connectivity index (χ2v) is 7.77. The highest BCUT2D eigenvalue weighted by atomic mass is 79.9. The molecule has 2 heterocycles. The van der Waals surface area contributed by atoms with Gasteiger partial charge < -0.3 is 5.73 Å². The summed E-state index contributed by atoms with van der Waals surface area (Å²) in [5, 5.41) is 0.664. The van der Waals surface area contributed by atoms with Crippen LogP contribution in [0.5, 0.6) is 0 Å². The number of nitrogen functional groups attached to an aromatic ring is 1. The number of rotatable bonds is 4. The molecule has 0 bridgehead atoms. The number of anilines is 1. The van der Waals surface area contributed by atoms with Gasteiger partial charge in [-0.3, -0.25) is 9.80 Å². The number of nitrogens with two attached hydrogens (primary N) is 1. The van der Waals surface area contributed by atoms with Crippen molar-refractivity contribution in [2.75, 3.05) is 31.9 Å². The molecule has 0 radical (unpaired) electrons. The summed E-state index contributed by atoms with van der Waals surface area (Å²) in [6, 6.07) is 9.13. The predicted molar refractivity (Wildman–Crippen MR) is 95.9 cm³/mol. The van der Waals surface area contributed by atoms with E-state index in [2.05, 4.69) is 61.9 Å². The van der Waals surface area contributed by atoms with Crippen LogP contribution in [0, 0.1) is 0 Å². The van der Waals surface area contributed by atoms with Crippen LogP contribution in [0.4, 0.5) is 5.13 Å². The largest absolute Gasteiger partial charge is 0.375 e. The third-order valence-electron chi connectivity index (χ3n) is 4.26. The molecule has 2 N–H and O–H groups in total. The average molecular weight is 381 g/mol. The zero-order chi connectivity index (χ0) is 15.5. The van der Waals surface area contributed by atoms with Crippen molar-refractivity contribution in [1.82, 2.24) is 14.8 Å². The molecule has 1 fully saturated rings. The number of halogens is 1. The van der Waals surface area contributed by atoms with Gasteiger partial charge in [-0.15, -0.1) is 11.3 Å². The lowest BCUT2D eigenvalue weighted by Crippen LogP contribution is -2.46. The van der Waals surface area contributed by atoms with E-state index in [1.807, 2.05) is 6.20 Å². The highest BCUT2D eigenvalue weighted by molar-refractivity contribution is 9.10. The predicted octanol–water partition coefficient (Wildman–Crippen LogP) is 3.37. The number of aromatic nitrogens is 1. The van der Waals surface area contributed by atoms with Gasteiger partial charge in [0.25, 0.3) is 0 Å². The fraction of sp³-hybridized carbons (Fsp3) is 0.438. The number of hydrogen-bond acceptors (Lipinski definition) is 5. The van der Waals surface area contributed by atoms with Crippen LogP contribution in [0.15, 0.2) is 34.9 Å². The van der Waals surface area contributed by atoms with Gasteiger partial charge in [0.2, 0.25) is 0 Å². The Morgan fingerprint density at radius 1 is 1.23 bits per heavy atom. The van der Waals surface area contributed by atoms with Crippen molar-refractivity contribution >= 4 is 32.4 Å². The molecule has 1 aromatic heterocycles. The first-order chi connectivity index (χ1) is 10.6. The molecular weight excluding hydrogens is 360 g/mol. The van der Waals surface area contributed by atoms with Gasteiger partial charge in [-0.1, -0.05) is 28.1 Å². The van der Waals surface area contributed by atoms with Crippen LogP contribution in [0.25, 0.3) is 0 Å². The van der Waals surface area contributed by atoms with Crippen molar-refractivity contribution in [1.29, 1.82) is 0 Å². The van der Waals surface area contributed by atoms with Crippen LogP contribution in [-0.4, -0.2) is 41.0 Å². The van der Waals surface area contributed by atoms with E-state index in [0.717, 1.165) is 37.2 Å². The topological polar surface area (TPSA) is 45.4 Å². The maximum absolute atomic E-state index is 5.70. The molecule has 1 unspecified atom stereocenters. The molecule has 1 saturated heterocycles. The molecule has 1 aromatic carbocycles. The molecule has 118 valence electrons. The van der Waals surface area contributed by atoms with Gasteiger partial charge in [0.15, 0.2) is 5.13 Å². The molecule has 4 nitrogen and oxygen atoms in total. The monoisotopic (exact) mass is 380 g/mol. The van der Waals surface area contributed by atoms with Crippen molar-refractivity contribution in [2.24, 2.45) is 0 Å². The Balaban J connectivity index is 1.53. The molecule has 1 aliphatic rings. The molecule has 0 aliphatic carbocycles. The maximum Gasteiger partial charge on any atom is 0.180 e. The van der Waals surface area contributed by atoms with Crippen molar-refractivity contribution in [3.05, 3.63) is 45.4 Å². The zero-order valence-electron chi connectivity index (χ0n) is 12.7. The second-order valence-electron chi connectivity index (χ2n) is 5.70. The first-order valence-electron chi connectivity index (χ1n) is 7.54. The molecule has 1 atom stereocenters. The summed E-state index contributed by atoms with van der Waals surface area (Å²) < 4.78 is 1.14. The normalized spacial score (nSPS) is 18.5. The van der Waals surface area contributed by atoms with E-state index in [9.17, 15) is 0 Å². The van der Waals surface area contributed by atoms with E-state index in [1.165, 1.54) is 10.4 Å². The summed E-state index contributed by atoms with van der Waals surface area (Å²) in [4.78, 5) is 10.4. The van der Waals surface area contributed by atoms with E-state index in [4.69, 9.17) is 5.73 Å². The fourth-order valence-corrected chi connectivity index (χ4v) is 3.87. The standard InChI is InChI=1S/C16H21BrN4S/c1-12(13-2-4-14(17)5-3-13)21-8-6-20(7-9-21)11-15-10-19-16(18)22-15/h2-5,10,12H,6-9,11H2,1H3,(H2,18,19). The van der Waals surface area contributed by atoms with Crippen molar-refractivity contribution in [3.8, 4) is 0 Å². The van der Waals surface area contributed by atoms with Gasteiger partial charge in [0.05, 0.1) is 0 Å². The summed E-state index contributed by atoms with van der Waals surface area (Å²) in [6.07, 6.45) is 1.90. The van der Waals surface area contributed by atoms with Crippen molar-refractivity contribution in [3.63, 3.8) is 0 Å².